The molecule has 0 amide bonds. The highest BCUT2D eigenvalue weighted by Crippen LogP contribution is 2.11. The molecule has 0 fully saturated rings. The summed E-state index contributed by atoms with van der Waals surface area (Å²) < 4.78 is 0. The second kappa shape index (κ2) is 4.14. The number of carbonyl (C=O) groups is 1. The highest BCUT2D eigenvalue weighted by atomic mass is 16.1. The monoisotopic (exact) mass is 211 g/mol. The molecule has 2 aromatic rings. The first-order valence-corrected chi connectivity index (χ1v) is 4.87. The van der Waals surface area contributed by atoms with Crippen LogP contribution in [0.4, 0.5) is 5.82 Å². The first kappa shape index (κ1) is 10.4. The minimum Gasteiger partial charge on any atom is -0.383 e. The molecule has 0 aliphatic rings. The lowest BCUT2D eigenvalue weighted by Crippen LogP contribution is -2.15. The number of pyridine rings is 2. The van der Waals surface area contributed by atoms with Gasteiger partial charge in [-0.05, 0) is 23.8 Å². The van der Waals surface area contributed by atoms with Crippen LogP contribution in [0.3, 0.4) is 0 Å². The van der Waals surface area contributed by atoms with Crippen molar-refractivity contribution < 1.29 is 4.79 Å². The summed E-state index contributed by atoms with van der Waals surface area (Å²) >= 11 is 0. The van der Waals surface area contributed by atoms with Crippen molar-refractivity contribution in [2.24, 2.45) is 0 Å². The zero-order valence-corrected chi connectivity index (χ0v) is 8.84. The minimum atomic E-state index is -0.200. The molecule has 2 aromatic heterocycles. The average Bonchev–Trinajstić information content (AvgIpc) is 2.29. The van der Waals surface area contributed by atoms with Crippen LogP contribution in [-0.2, 0) is 0 Å². The van der Waals surface area contributed by atoms with Crippen LogP contribution < -0.4 is 11.3 Å². The molecule has 16 heavy (non-hydrogen) atoms. The average molecular weight is 211 g/mol. The van der Waals surface area contributed by atoms with Gasteiger partial charge in [0.25, 0.3) is 0 Å². The fraction of sp³-hybridized carbons (Fsp3) is 0. The van der Waals surface area contributed by atoms with Gasteiger partial charge in [-0.2, -0.15) is 0 Å². The second-order valence-corrected chi connectivity index (χ2v) is 3.43. The van der Waals surface area contributed by atoms with Crippen molar-refractivity contribution in [3.8, 4) is 0 Å². The van der Waals surface area contributed by atoms with Gasteiger partial charge in [0.1, 0.15) is 11.5 Å². The summed E-state index contributed by atoms with van der Waals surface area (Å²) in [6, 6.07) is 8.63. The largest absolute Gasteiger partial charge is 0.383 e. The lowest BCUT2D eigenvalue weighted by Gasteiger charge is -2.03. The number of hydrogen-bond acceptors (Lipinski definition) is 4. The number of hydrogen-bond donors (Lipinski definition) is 1. The number of aromatic nitrogens is 2. The zero-order valence-electron chi connectivity index (χ0n) is 8.84. The fourth-order valence-corrected chi connectivity index (χ4v) is 1.42. The standard InChI is InChI=1S/C11H10BN3O/c12-9-5-1-4-8(15-9)10(16)7-3-2-6-14-11(7)13/h1-6H,12H2,(H2,13,14). The number of nitrogens with zero attached hydrogens (tertiary/aromatic N) is 2. The first-order chi connectivity index (χ1) is 7.68. The summed E-state index contributed by atoms with van der Waals surface area (Å²) in [5.41, 5.74) is 7.21. The van der Waals surface area contributed by atoms with Gasteiger partial charge in [0, 0.05) is 6.20 Å². The minimum absolute atomic E-state index is 0.200. The first-order valence-electron chi connectivity index (χ1n) is 4.87. The molecule has 4 nitrogen and oxygen atoms in total. The zero-order chi connectivity index (χ0) is 11.5. The molecule has 5 heteroatoms. The predicted octanol–water partition coefficient (Wildman–Crippen LogP) is -0.452. The number of nitrogens with two attached hydrogens (primary N) is 1. The second-order valence-electron chi connectivity index (χ2n) is 3.43. The van der Waals surface area contributed by atoms with E-state index in [0.717, 1.165) is 5.59 Å². The van der Waals surface area contributed by atoms with Gasteiger partial charge in [0.2, 0.25) is 5.78 Å². The maximum Gasteiger partial charge on any atom is 0.215 e. The van der Waals surface area contributed by atoms with Crippen LogP contribution >= 0.6 is 0 Å². The SMILES string of the molecule is Bc1cccc(C(=O)c2cccnc2N)n1. The van der Waals surface area contributed by atoms with Crippen LogP contribution in [0.2, 0.25) is 0 Å². The van der Waals surface area contributed by atoms with Crippen LogP contribution in [0.15, 0.2) is 36.5 Å². The van der Waals surface area contributed by atoms with Crippen LogP contribution in [0, 0.1) is 0 Å². The van der Waals surface area contributed by atoms with Crippen LogP contribution in [0.5, 0.6) is 0 Å². The molecule has 0 bridgehead atoms. The van der Waals surface area contributed by atoms with Gasteiger partial charge in [0.05, 0.1) is 5.56 Å². The molecule has 0 spiro atoms. The van der Waals surface area contributed by atoms with Gasteiger partial charge in [0.15, 0.2) is 7.85 Å². The van der Waals surface area contributed by atoms with Crippen LogP contribution in [0.25, 0.3) is 0 Å². The summed E-state index contributed by atoms with van der Waals surface area (Å²) in [7, 11) is 1.84. The molecule has 0 atom stereocenters. The van der Waals surface area contributed by atoms with E-state index >= 15 is 0 Å². The Balaban J connectivity index is 2.44. The Morgan fingerprint density at radius 2 is 2.06 bits per heavy atom. The third-order valence-electron chi connectivity index (χ3n) is 2.20. The lowest BCUT2D eigenvalue weighted by atomic mass is 10.0. The van der Waals surface area contributed by atoms with E-state index in [-0.39, 0.29) is 11.6 Å². The molecule has 0 radical (unpaired) electrons. The van der Waals surface area contributed by atoms with E-state index in [1.165, 1.54) is 0 Å². The lowest BCUT2D eigenvalue weighted by molar-refractivity contribution is 0.103. The highest BCUT2D eigenvalue weighted by molar-refractivity contribution is 6.30. The molecule has 0 unspecified atom stereocenters. The summed E-state index contributed by atoms with van der Waals surface area (Å²) in [6.07, 6.45) is 1.55. The number of rotatable bonds is 2. The van der Waals surface area contributed by atoms with E-state index in [2.05, 4.69) is 9.97 Å². The molecule has 0 aromatic carbocycles. The fourth-order valence-electron chi connectivity index (χ4n) is 1.42. The topological polar surface area (TPSA) is 68.9 Å². The molecule has 0 aliphatic heterocycles. The molecule has 78 valence electrons. The number of ketones is 1. The number of carbonyl (C=O) groups excluding carboxylic acids is 1. The van der Waals surface area contributed by atoms with Crippen molar-refractivity contribution in [2.45, 2.75) is 0 Å². The molecule has 2 heterocycles. The van der Waals surface area contributed by atoms with Gasteiger partial charge in [-0.3, -0.25) is 9.78 Å². The third kappa shape index (κ3) is 1.93. The van der Waals surface area contributed by atoms with Crippen molar-refractivity contribution in [2.75, 3.05) is 5.73 Å². The molecule has 0 aliphatic carbocycles. The Labute approximate surface area is 93.9 Å². The maximum atomic E-state index is 12.0. The summed E-state index contributed by atoms with van der Waals surface area (Å²) in [5.74, 6) is 0.0325. The van der Waals surface area contributed by atoms with Gasteiger partial charge < -0.3 is 5.73 Å². The van der Waals surface area contributed by atoms with Gasteiger partial charge in [-0.15, -0.1) is 0 Å². The number of anilines is 1. The predicted molar refractivity (Wildman–Crippen MR) is 64.5 cm³/mol. The molecule has 0 saturated carbocycles. The molecule has 0 saturated heterocycles. The summed E-state index contributed by atoms with van der Waals surface area (Å²) in [4.78, 5) is 20.1. The molecular formula is C11H10BN3O. The van der Waals surface area contributed by atoms with Crippen molar-refractivity contribution in [1.82, 2.24) is 9.97 Å². The Hall–Kier alpha value is -2.17. The van der Waals surface area contributed by atoms with E-state index < -0.39 is 0 Å². The van der Waals surface area contributed by atoms with Crippen molar-refractivity contribution in [3.63, 3.8) is 0 Å². The van der Waals surface area contributed by atoms with Crippen molar-refractivity contribution in [1.29, 1.82) is 0 Å². The van der Waals surface area contributed by atoms with E-state index in [1.807, 2.05) is 13.9 Å². The quantitative estimate of drug-likeness (QED) is 0.539. The Morgan fingerprint density at radius 1 is 1.25 bits per heavy atom. The van der Waals surface area contributed by atoms with Gasteiger partial charge >= 0.3 is 0 Å². The highest BCUT2D eigenvalue weighted by Gasteiger charge is 2.13. The number of nitrogen functional groups attached to an aromatic ring is 1. The van der Waals surface area contributed by atoms with Crippen molar-refractivity contribution in [3.05, 3.63) is 47.8 Å². The van der Waals surface area contributed by atoms with E-state index in [4.69, 9.17) is 5.73 Å². The Kier molecular flexibility index (Phi) is 2.68. The van der Waals surface area contributed by atoms with E-state index in [9.17, 15) is 4.79 Å². The van der Waals surface area contributed by atoms with E-state index in [1.54, 1.807) is 30.5 Å². The normalized spacial score (nSPS) is 10.0. The Bertz CT molecular complexity index is 542. The van der Waals surface area contributed by atoms with E-state index in [0.29, 0.717) is 11.3 Å². The van der Waals surface area contributed by atoms with Gasteiger partial charge in [-0.1, -0.05) is 12.1 Å². The Morgan fingerprint density at radius 3 is 2.75 bits per heavy atom. The smallest absolute Gasteiger partial charge is 0.215 e. The third-order valence-corrected chi connectivity index (χ3v) is 2.20. The molecular weight excluding hydrogens is 201 g/mol. The molecule has 2 N–H and O–H groups in total. The van der Waals surface area contributed by atoms with Crippen LogP contribution in [0.1, 0.15) is 16.1 Å². The maximum absolute atomic E-state index is 12.0. The summed E-state index contributed by atoms with van der Waals surface area (Å²) in [5, 5.41) is 0. The summed E-state index contributed by atoms with van der Waals surface area (Å²) in [6.45, 7) is 0. The molecule has 2 rings (SSSR count). The van der Waals surface area contributed by atoms with Gasteiger partial charge in [-0.25, -0.2) is 4.98 Å². The van der Waals surface area contributed by atoms with Crippen molar-refractivity contribution >= 4 is 25.0 Å². The van der Waals surface area contributed by atoms with Crippen LogP contribution in [-0.4, -0.2) is 23.6 Å².